The van der Waals surface area contributed by atoms with Crippen LogP contribution in [0, 0.1) is 0 Å². The summed E-state index contributed by atoms with van der Waals surface area (Å²) in [6, 6.07) is 8.54. The first kappa shape index (κ1) is 17.1. The van der Waals surface area contributed by atoms with E-state index in [0.717, 1.165) is 31.5 Å². The Hall–Kier alpha value is -2.28. The molecule has 1 aliphatic rings. The Morgan fingerprint density at radius 2 is 1.91 bits per heavy atom. The molecule has 2 aromatic rings. The first-order chi connectivity index (χ1) is 10.7. The van der Waals surface area contributed by atoms with Crippen molar-refractivity contribution in [3.8, 4) is 0 Å². The summed E-state index contributed by atoms with van der Waals surface area (Å²) < 4.78 is 5.31. The highest BCUT2D eigenvalue weighted by molar-refractivity contribution is 5.85. The van der Waals surface area contributed by atoms with Crippen LogP contribution >= 0.6 is 12.4 Å². The molecule has 8 heteroatoms. The Bertz CT molecular complexity index is 629. The third kappa shape index (κ3) is 4.13. The maximum atomic E-state index is 11.1. The van der Waals surface area contributed by atoms with Crippen molar-refractivity contribution in [2.45, 2.75) is 25.3 Å². The predicted molar refractivity (Wildman–Crippen MR) is 87.1 cm³/mol. The molecule has 7 nitrogen and oxygen atoms in total. The highest BCUT2D eigenvalue weighted by Crippen LogP contribution is 2.23. The van der Waals surface area contributed by atoms with E-state index in [4.69, 9.17) is 9.63 Å². The van der Waals surface area contributed by atoms with Crippen LogP contribution in [0.2, 0.25) is 0 Å². The molecule has 3 rings (SSSR count). The Morgan fingerprint density at radius 1 is 1.22 bits per heavy atom. The molecule has 1 amide bonds. The maximum absolute atomic E-state index is 11.1. The molecule has 0 bridgehead atoms. The molecule has 23 heavy (non-hydrogen) atoms. The number of amides is 1. The van der Waals surface area contributed by atoms with Crippen molar-refractivity contribution in [2.24, 2.45) is 0 Å². The van der Waals surface area contributed by atoms with E-state index in [1.165, 1.54) is 6.42 Å². The first-order valence-electron chi connectivity index (χ1n) is 7.37. The molecule has 0 saturated carbocycles. The van der Waals surface area contributed by atoms with Gasteiger partial charge in [-0.1, -0.05) is 30.3 Å². The number of carbonyl (C=O) groups is 1. The van der Waals surface area contributed by atoms with Gasteiger partial charge in [-0.25, -0.2) is 4.79 Å². The fourth-order valence-electron chi connectivity index (χ4n) is 2.62. The van der Waals surface area contributed by atoms with Crippen LogP contribution in [0.25, 0.3) is 0 Å². The number of carboxylic acid groups (broad SMARTS) is 1. The Labute approximate surface area is 140 Å². The SMILES string of the molecule is Cl.O=C(O)N[C@H](c1ccccc1)c1nc(N2CCCCC2)no1. The van der Waals surface area contributed by atoms with E-state index in [2.05, 4.69) is 20.4 Å². The number of aromatic nitrogens is 2. The molecule has 2 heterocycles. The van der Waals surface area contributed by atoms with Crippen LogP contribution in [0.1, 0.15) is 36.8 Å². The maximum Gasteiger partial charge on any atom is 0.405 e. The quantitative estimate of drug-likeness (QED) is 0.890. The molecule has 124 valence electrons. The lowest BCUT2D eigenvalue weighted by Crippen LogP contribution is -2.30. The third-order valence-corrected chi connectivity index (χ3v) is 3.72. The molecule has 0 radical (unpaired) electrons. The minimum Gasteiger partial charge on any atom is -0.465 e. The van der Waals surface area contributed by atoms with Crippen molar-refractivity contribution in [1.82, 2.24) is 15.5 Å². The molecule has 1 atom stereocenters. The lowest BCUT2D eigenvalue weighted by atomic mass is 10.1. The van der Waals surface area contributed by atoms with Crippen molar-refractivity contribution >= 4 is 24.4 Å². The van der Waals surface area contributed by atoms with Crippen molar-refractivity contribution in [2.75, 3.05) is 18.0 Å². The van der Waals surface area contributed by atoms with Crippen molar-refractivity contribution in [3.63, 3.8) is 0 Å². The summed E-state index contributed by atoms with van der Waals surface area (Å²) in [4.78, 5) is 17.5. The fraction of sp³-hybridized carbons (Fsp3) is 0.400. The summed E-state index contributed by atoms with van der Waals surface area (Å²) in [6.07, 6.45) is 2.30. The molecule has 0 unspecified atom stereocenters. The van der Waals surface area contributed by atoms with Crippen LogP contribution in [0.3, 0.4) is 0 Å². The van der Waals surface area contributed by atoms with Crippen LogP contribution < -0.4 is 10.2 Å². The van der Waals surface area contributed by atoms with Gasteiger partial charge < -0.3 is 19.8 Å². The number of halogens is 1. The zero-order valence-corrected chi connectivity index (χ0v) is 13.3. The zero-order valence-electron chi connectivity index (χ0n) is 12.5. The Kier molecular flexibility index (Phi) is 5.81. The fourth-order valence-corrected chi connectivity index (χ4v) is 2.62. The van der Waals surface area contributed by atoms with Gasteiger partial charge in [0.1, 0.15) is 6.04 Å². The van der Waals surface area contributed by atoms with Gasteiger partial charge in [0, 0.05) is 13.1 Å². The molecule has 1 fully saturated rings. The van der Waals surface area contributed by atoms with E-state index in [1.54, 1.807) is 0 Å². The average Bonchev–Trinajstić information content (AvgIpc) is 3.04. The van der Waals surface area contributed by atoms with Gasteiger partial charge in [0.2, 0.25) is 0 Å². The monoisotopic (exact) mass is 338 g/mol. The van der Waals surface area contributed by atoms with Crippen molar-refractivity contribution < 1.29 is 14.4 Å². The molecule has 0 spiro atoms. The van der Waals surface area contributed by atoms with Crippen molar-refractivity contribution in [1.29, 1.82) is 0 Å². The molecule has 1 aromatic heterocycles. The summed E-state index contributed by atoms with van der Waals surface area (Å²) in [7, 11) is 0. The molecule has 2 N–H and O–H groups in total. The standard InChI is InChI=1S/C15H18N4O3.ClH/c20-15(21)16-12(11-7-3-1-4-8-11)13-17-14(18-22-13)19-9-5-2-6-10-19;/h1,3-4,7-8,12,16H,2,5-6,9-10H2,(H,20,21);1H/t12-;/m1./s1. The minimum atomic E-state index is -1.13. The average molecular weight is 339 g/mol. The second-order valence-corrected chi connectivity index (χ2v) is 5.27. The van der Waals surface area contributed by atoms with Gasteiger partial charge in [-0.3, -0.25) is 0 Å². The third-order valence-electron chi connectivity index (χ3n) is 3.72. The summed E-state index contributed by atoms with van der Waals surface area (Å²) in [5.74, 6) is 0.789. The Balaban J connectivity index is 0.00000192. The summed E-state index contributed by atoms with van der Waals surface area (Å²) >= 11 is 0. The molecule has 1 aliphatic heterocycles. The molecule has 0 aliphatic carbocycles. The Morgan fingerprint density at radius 3 is 2.57 bits per heavy atom. The molecule has 1 aromatic carbocycles. The van der Waals surface area contributed by atoms with Gasteiger partial charge in [0.05, 0.1) is 0 Å². The van der Waals surface area contributed by atoms with Gasteiger partial charge in [-0.05, 0) is 30.0 Å². The highest BCUT2D eigenvalue weighted by atomic mass is 35.5. The van der Waals surface area contributed by atoms with Gasteiger partial charge in [-0.2, -0.15) is 4.98 Å². The molecular weight excluding hydrogens is 320 g/mol. The largest absolute Gasteiger partial charge is 0.465 e. The number of hydrogen-bond acceptors (Lipinski definition) is 5. The van der Waals surface area contributed by atoms with Gasteiger partial charge in [0.15, 0.2) is 0 Å². The first-order valence-corrected chi connectivity index (χ1v) is 7.37. The van der Waals surface area contributed by atoms with Crippen LogP contribution in [0.4, 0.5) is 10.7 Å². The molecular formula is C15H19ClN4O3. The van der Waals surface area contributed by atoms with E-state index < -0.39 is 12.1 Å². The summed E-state index contributed by atoms with van der Waals surface area (Å²) in [5.41, 5.74) is 0.763. The smallest absolute Gasteiger partial charge is 0.405 e. The number of piperidine rings is 1. The van der Waals surface area contributed by atoms with Gasteiger partial charge in [0.25, 0.3) is 11.8 Å². The minimum absolute atomic E-state index is 0. The number of anilines is 1. The highest BCUT2D eigenvalue weighted by Gasteiger charge is 2.25. The van der Waals surface area contributed by atoms with E-state index in [9.17, 15) is 4.79 Å². The predicted octanol–water partition coefficient (Wildman–Crippen LogP) is 2.84. The van der Waals surface area contributed by atoms with Crippen molar-refractivity contribution in [3.05, 3.63) is 41.8 Å². The normalized spacial score (nSPS) is 15.6. The van der Waals surface area contributed by atoms with Gasteiger partial charge >= 0.3 is 6.09 Å². The van der Waals surface area contributed by atoms with Gasteiger partial charge in [-0.15, -0.1) is 12.4 Å². The zero-order chi connectivity index (χ0) is 15.4. The summed E-state index contributed by atoms with van der Waals surface area (Å²) in [5, 5.41) is 15.5. The lowest BCUT2D eigenvalue weighted by molar-refractivity contribution is 0.189. The number of benzene rings is 1. The second kappa shape index (κ2) is 7.82. The summed E-state index contributed by atoms with van der Waals surface area (Å²) in [6.45, 7) is 1.81. The van der Waals surface area contributed by atoms with E-state index in [1.807, 2.05) is 30.3 Å². The number of nitrogens with zero attached hydrogens (tertiary/aromatic N) is 3. The van der Waals surface area contributed by atoms with Crippen LogP contribution in [0.5, 0.6) is 0 Å². The lowest BCUT2D eigenvalue weighted by Gasteiger charge is -2.24. The van der Waals surface area contributed by atoms with Crippen LogP contribution in [-0.4, -0.2) is 34.4 Å². The van der Waals surface area contributed by atoms with E-state index in [0.29, 0.717) is 5.95 Å². The van der Waals surface area contributed by atoms with E-state index >= 15 is 0 Å². The topological polar surface area (TPSA) is 91.5 Å². The van der Waals surface area contributed by atoms with E-state index in [-0.39, 0.29) is 18.3 Å². The second-order valence-electron chi connectivity index (χ2n) is 5.27. The number of nitrogens with one attached hydrogen (secondary N) is 1. The number of rotatable bonds is 4. The van der Waals surface area contributed by atoms with Crippen LogP contribution in [-0.2, 0) is 0 Å². The molecule has 1 saturated heterocycles. The van der Waals surface area contributed by atoms with Crippen LogP contribution in [0.15, 0.2) is 34.9 Å². The number of hydrogen-bond donors (Lipinski definition) is 2.